The van der Waals surface area contributed by atoms with Gasteiger partial charge in [0.2, 0.25) is 6.10 Å². The molecular formula is C54H50F6O8S4. The lowest BCUT2D eigenvalue weighted by Gasteiger charge is -2.30. The number of carbonyl (C=O) groups is 1. The molecular weight excluding hydrogens is 1020 g/mol. The lowest BCUT2D eigenvalue weighted by molar-refractivity contribution is -0.223. The number of halogens is 6. The summed E-state index contributed by atoms with van der Waals surface area (Å²) in [5.74, 6) is -1.74. The molecule has 2 unspecified atom stereocenters. The van der Waals surface area contributed by atoms with Gasteiger partial charge in [-0.3, -0.25) is 4.79 Å². The van der Waals surface area contributed by atoms with Gasteiger partial charge in [0.15, 0.2) is 29.4 Å². The summed E-state index contributed by atoms with van der Waals surface area (Å²) >= 11 is 0. The van der Waals surface area contributed by atoms with Crippen LogP contribution in [0, 0.1) is 5.92 Å². The number of rotatable bonds is 11. The summed E-state index contributed by atoms with van der Waals surface area (Å²) in [5.41, 5.74) is -1.44. The van der Waals surface area contributed by atoms with E-state index < -0.39 is 66.3 Å². The van der Waals surface area contributed by atoms with Gasteiger partial charge in [-0.15, -0.1) is 0 Å². The molecule has 0 aromatic heterocycles. The number of ether oxygens (including phenoxy) is 1. The summed E-state index contributed by atoms with van der Waals surface area (Å²) < 4.78 is 143. The molecule has 7 aromatic carbocycles. The molecule has 0 N–H and O–H groups in total. The van der Waals surface area contributed by atoms with Crippen molar-refractivity contribution in [1.29, 1.82) is 0 Å². The zero-order chi connectivity index (χ0) is 52.4. The molecule has 0 saturated heterocycles. The van der Waals surface area contributed by atoms with Gasteiger partial charge in [-0.25, -0.2) is 16.8 Å². The van der Waals surface area contributed by atoms with E-state index in [0.29, 0.717) is 44.7 Å². The molecule has 1 saturated carbocycles. The minimum absolute atomic E-state index is 0.0146. The second-order valence-corrected chi connectivity index (χ2v) is 23.0. The second kappa shape index (κ2) is 26.7. The van der Waals surface area contributed by atoms with Crippen LogP contribution in [0.4, 0.5) is 26.3 Å². The number of alkyl halides is 6. The first kappa shape index (κ1) is 57.0. The molecule has 1 fully saturated rings. The number of hydrogen-bond donors (Lipinski definition) is 0. The highest BCUT2D eigenvalue weighted by atomic mass is 32.2. The van der Waals surface area contributed by atoms with Gasteiger partial charge in [0.05, 0.1) is 43.4 Å². The largest absolute Gasteiger partial charge is 0.748 e. The predicted molar refractivity (Wildman–Crippen MR) is 264 cm³/mol. The molecule has 0 bridgehead atoms. The molecule has 380 valence electrons. The van der Waals surface area contributed by atoms with Crippen LogP contribution >= 0.6 is 0 Å². The molecule has 72 heavy (non-hydrogen) atoms. The maximum atomic E-state index is 12.7. The van der Waals surface area contributed by atoms with Crippen LogP contribution in [0.15, 0.2) is 241 Å². The summed E-state index contributed by atoms with van der Waals surface area (Å²) in [5, 5.41) is -2.37. The maximum Gasteiger partial charge on any atom is 0.426 e. The van der Waals surface area contributed by atoms with Gasteiger partial charge >= 0.3 is 18.3 Å². The Morgan fingerprint density at radius 3 is 1.04 bits per heavy atom. The Morgan fingerprint density at radius 1 is 0.500 bits per heavy atom. The highest BCUT2D eigenvalue weighted by molar-refractivity contribution is 7.97. The van der Waals surface area contributed by atoms with Gasteiger partial charge in [0.25, 0.3) is 0 Å². The van der Waals surface area contributed by atoms with Crippen LogP contribution in [0.5, 0.6) is 0 Å². The Hall–Kier alpha value is -5.89. The van der Waals surface area contributed by atoms with Crippen molar-refractivity contribution in [2.45, 2.75) is 97.0 Å². The first-order chi connectivity index (χ1) is 34.2. The standard InChI is InChI=1S/2C18H15S.C11H17F3O5S.C7H5F3O3S/c2*1-4-10-16(11-5-1)19(17-12-6-2-7-13-17)18-14-8-3-9-15-18;1-7(20(16,17)18)9(11(12,13)14)19-10(15)8-5-3-2-4-6-8;8-7(9,10)5-3-1-2-4-6(5)14(11,12)13/h2*1-15H;7-9H,2-6H2,1H3,(H,16,17,18);1-4H,(H,11,12,13)/q2*+1;;/p-2. The van der Waals surface area contributed by atoms with Crippen molar-refractivity contribution in [2.75, 3.05) is 0 Å². The fourth-order valence-electron chi connectivity index (χ4n) is 7.21. The molecule has 0 aliphatic heterocycles. The van der Waals surface area contributed by atoms with Crippen LogP contribution in [0.25, 0.3) is 0 Å². The Morgan fingerprint density at radius 2 is 0.792 bits per heavy atom. The minimum atomic E-state index is -5.21. The fourth-order valence-corrected chi connectivity index (χ4v) is 12.6. The minimum Gasteiger partial charge on any atom is -0.748 e. The lowest BCUT2D eigenvalue weighted by atomic mass is 9.89. The number of esters is 1. The van der Waals surface area contributed by atoms with E-state index in [0.717, 1.165) is 18.6 Å². The molecule has 0 radical (unpaired) electrons. The van der Waals surface area contributed by atoms with Gasteiger partial charge in [0.1, 0.15) is 20.2 Å². The van der Waals surface area contributed by atoms with Crippen molar-refractivity contribution in [3.63, 3.8) is 0 Å². The van der Waals surface area contributed by atoms with Gasteiger partial charge < -0.3 is 13.8 Å². The summed E-state index contributed by atoms with van der Waals surface area (Å²) in [7, 11) is -10.3. The van der Waals surface area contributed by atoms with Crippen LogP contribution < -0.4 is 0 Å². The third-order valence-corrected chi connectivity index (χ3v) is 17.2. The van der Waals surface area contributed by atoms with Crippen LogP contribution in [0.2, 0.25) is 0 Å². The SMILES string of the molecule is CC(C(OC(=O)C1CCCCC1)C(F)(F)F)S(=O)(=O)[O-].O=S(=O)([O-])c1ccccc1C(F)(F)F.c1ccc([S+](c2ccccc2)c2ccccc2)cc1.c1ccc([S+](c2ccccc2)c2ccccc2)cc1. The van der Waals surface area contributed by atoms with E-state index in [1.165, 1.54) is 29.4 Å². The highest BCUT2D eigenvalue weighted by Crippen LogP contribution is 2.35. The van der Waals surface area contributed by atoms with Crippen LogP contribution in [-0.4, -0.2) is 49.4 Å². The summed E-state index contributed by atoms with van der Waals surface area (Å²) in [6, 6.07) is 67.6. The van der Waals surface area contributed by atoms with Gasteiger partial charge in [-0.05, 0) is 105 Å². The Kier molecular flexibility index (Phi) is 21.1. The summed E-state index contributed by atoms with van der Waals surface area (Å²) in [6.45, 7) is 0.592. The van der Waals surface area contributed by atoms with Crippen molar-refractivity contribution in [3.05, 3.63) is 212 Å². The van der Waals surface area contributed by atoms with E-state index in [1.807, 2.05) is 0 Å². The Bertz CT molecular complexity index is 2630. The zero-order valence-corrected chi connectivity index (χ0v) is 41.8. The molecule has 1 aliphatic rings. The second-order valence-electron chi connectivity index (χ2n) is 15.9. The first-order valence-corrected chi connectivity index (χ1v) is 27.6. The van der Waals surface area contributed by atoms with Gasteiger partial charge in [0, 0.05) is 0 Å². The number of hydrogen-bond acceptors (Lipinski definition) is 8. The van der Waals surface area contributed by atoms with Crippen molar-refractivity contribution in [3.8, 4) is 0 Å². The Labute approximate surface area is 422 Å². The van der Waals surface area contributed by atoms with E-state index in [1.54, 1.807) is 0 Å². The molecule has 8 nitrogen and oxygen atoms in total. The summed E-state index contributed by atoms with van der Waals surface area (Å²) in [6.07, 6.45) is -9.69. The molecule has 7 aromatic rings. The first-order valence-electron chi connectivity index (χ1n) is 22.3. The molecule has 0 amide bonds. The number of carbonyl (C=O) groups excluding carboxylic acids is 1. The van der Waals surface area contributed by atoms with E-state index >= 15 is 0 Å². The molecule has 0 heterocycles. The van der Waals surface area contributed by atoms with E-state index in [2.05, 4.69) is 187 Å². The van der Waals surface area contributed by atoms with E-state index in [4.69, 9.17) is 0 Å². The van der Waals surface area contributed by atoms with Crippen molar-refractivity contribution < 1.29 is 61.8 Å². The molecule has 18 heteroatoms. The molecule has 8 rings (SSSR count). The van der Waals surface area contributed by atoms with Crippen LogP contribution in [0.1, 0.15) is 44.6 Å². The lowest BCUT2D eigenvalue weighted by Crippen LogP contribution is -2.46. The average molecular weight is 1070 g/mol. The average Bonchev–Trinajstić information content (AvgIpc) is 3.37. The van der Waals surface area contributed by atoms with E-state index in [9.17, 15) is 57.1 Å². The van der Waals surface area contributed by atoms with E-state index in [-0.39, 0.29) is 21.8 Å². The third kappa shape index (κ3) is 17.4. The van der Waals surface area contributed by atoms with Crippen molar-refractivity contribution in [2.24, 2.45) is 5.92 Å². The van der Waals surface area contributed by atoms with Crippen molar-refractivity contribution >= 4 is 48.0 Å². The normalized spacial score (nSPS) is 14.0. The molecule has 0 spiro atoms. The zero-order valence-electron chi connectivity index (χ0n) is 38.6. The molecule has 2 atom stereocenters. The monoisotopic (exact) mass is 1070 g/mol. The highest BCUT2D eigenvalue weighted by Gasteiger charge is 2.49. The van der Waals surface area contributed by atoms with Crippen LogP contribution in [0.3, 0.4) is 0 Å². The smallest absolute Gasteiger partial charge is 0.426 e. The fraction of sp³-hybridized carbons (Fsp3) is 0.204. The number of benzene rings is 7. The Balaban J connectivity index is 0.000000180. The third-order valence-electron chi connectivity index (χ3n) is 10.7. The predicted octanol–water partition coefficient (Wildman–Crippen LogP) is 13.1. The topological polar surface area (TPSA) is 141 Å². The van der Waals surface area contributed by atoms with Crippen LogP contribution in [-0.2, 0) is 57.7 Å². The molecule has 1 aliphatic carbocycles. The quantitative estimate of drug-likeness (QED) is 0.0540. The summed E-state index contributed by atoms with van der Waals surface area (Å²) in [4.78, 5) is 18.6. The van der Waals surface area contributed by atoms with Gasteiger partial charge in [-0.1, -0.05) is 141 Å². The maximum absolute atomic E-state index is 12.7. The van der Waals surface area contributed by atoms with Crippen molar-refractivity contribution in [1.82, 2.24) is 0 Å². The van der Waals surface area contributed by atoms with Gasteiger partial charge in [-0.2, -0.15) is 26.3 Å².